The van der Waals surface area contributed by atoms with Crippen LogP contribution in [0.4, 0.5) is 0 Å². The van der Waals surface area contributed by atoms with Gasteiger partial charge < -0.3 is 0 Å². The van der Waals surface area contributed by atoms with Crippen LogP contribution in [-0.2, 0) is 4.79 Å². The minimum absolute atomic E-state index is 0.469. The van der Waals surface area contributed by atoms with E-state index in [1.807, 2.05) is 6.08 Å². The van der Waals surface area contributed by atoms with E-state index in [1.54, 1.807) is 0 Å². The highest BCUT2D eigenvalue weighted by Crippen LogP contribution is 2.37. The van der Waals surface area contributed by atoms with Gasteiger partial charge in [0, 0.05) is 12.8 Å². The lowest BCUT2D eigenvalue weighted by Gasteiger charge is -2.32. The predicted molar refractivity (Wildman–Crippen MR) is 53.4 cm³/mol. The number of Topliss-reactive ketones (excluding diaryl/α,β-unsaturated/α-hetero) is 1. The summed E-state index contributed by atoms with van der Waals surface area (Å²) in [6.45, 7) is 3.80. The lowest BCUT2D eigenvalue weighted by atomic mass is 9.72. The SMILES string of the molecule is C=CC1=CC2CCC(=O)CC2CC1. The summed E-state index contributed by atoms with van der Waals surface area (Å²) in [5.41, 5.74) is 1.38. The summed E-state index contributed by atoms with van der Waals surface area (Å²) >= 11 is 0. The molecule has 0 bridgehead atoms. The molecule has 0 aliphatic heterocycles. The summed E-state index contributed by atoms with van der Waals surface area (Å²) in [6, 6.07) is 0. The summed E-state index contributed by atoms with van der Waals surface area (Å²) in [7, 11) is 0. The summed E-state index contributed by atoms with van der Waals surface area (Å²) in [4.78, 5) is 11.2. The van der Waals surface area contributed by atoms with E-state index in [2.05, 4.69) is 12.7 Å². The van der Waals surface area contributed by atoms with Crippen LogP contribution in [0.15, 0.2) is 24.3 Å². The molecular weight excluding hydrogens is 160 g/mol. The van der Waals surface area contributed by atoms with E-state index in [-0.39, 0.29) is 0 Å². The predicted octanol–water partition coefficient (Wildman–Crippen LogP) is 2.88. The van der Waals surface area contributed by atoms with Crippen LogP contribution in [0.5, 0.6) is 0 Å². The Morgan fingerprint density at radius 2 is 2.23 bits per heavy atom. The number of carbonyl (C=O) groups is 1. The Kier molecular flexibility index (Phi) is 2.34. The lowest BCUT2D eigenvalue weighted by molar-refractivity contribution is -0.122. The zero-order chi connectivity index (χ0) is 9.26. The topological polar surface area (TPSA) is 17.1 Å². The molecule has 0 heterocycles. The van der Waals surface area contributed by atoms with Crippen LogP contribution in [0, 0.1) is 11.8 Å². The highest BCUT2D eigenvalue weighted by Gasteiger charge is 2.29. The van der Waals surface area contributed by atoms with E-state index < -0.39 is 0 Å². The maximum atomic E-state index is 11.2. The lowest BCUT2D eigenvalue weighted by Crippen LogP contribution is -2.26. The van der Waals surface area contributed by atoms with Gasteiger partial charge in [0.05, 0.1) is 0 Å². The van der Waals surface area contributed by atoms with Gasteiger partial charge in [0.25, 0.3) is 0 Å². The quantitative estimate of drug-likeness (QED) is 0.600. The molecule has 0 N–H and O–H groups in total. The minimum atomic E-state index is 0.469. The second kappa shape index (κ2) is 3.49. The zero-order valence-electron chi connectivity index (χ0n) is 7.96. The molecule has 0 saturated heterocycles. The fraction of sp³-hybridized carbons (Fsp3) is 0.583. The number of rotatable bonds is 1. The second-order valence-electron chi connectivity index (χ2n) is 4.19. The summed E-state index contributed by atoms with van der Waals surface area (Å²) in [5, 5.41) is 0. The fourth-order valence-corrected chi connectivity index (χ4v) is 2.53. The molecule has 0 aromatic carbocycles. The van der Waals surface area contributed by atoms with Crippen molar-refractivity contribution in [2.24, 2.45) is 11.8 Å². The smallest absolute Gasteiger partial charge is 0.133 e. The number of allylic oxidation sites excluding steroid dienone is 3. The minimum Gasteiger partial charge on any atom is -0.300 e. The van der Waals surface area contributed by atoms with Crippen LogP contribution in [0.3, 0.4) is 0 Å². The van der Waals surface area contributed by atoms with E-state index in [1.165, 1.54) is 12.0 Å². The van der Waals surface area contributed by atoms with Crippen molar-refractivity contribution in [2.45, 2.75) is 32.1 Å². The highest BCUT2D eigenvalue weighted by atomic mass is 16.1. The molecule has 1 fully saturated rings. The second-order valence-corrected chi connectivity index (χ2v) is 4.19. The number of hydrogen-bond acceptors (Lipinski definition) is 1. The first kappa shape index (κ1) is 8.74. The molecule has 0 amide bonds. The molecule has 2 aliphatic carbocycles. The Morgan fingerprint density at radius 3 is 3.00 bits per heavy atom. The van der Waals surface area contributed by atoms with Crippen molar-refractivity contribution in [1.82, 2.24) is 0 Å². The third-order valence-corrected chi connectivity index (χ3v) is 3.35. The number of ketones is 1. The van der Waals surface area contributed by atoms with Crippen LogP contribution < -0.4 is 0 Å². The molecule has 70 valence electrons. The van der Waals surface area contributed by atoms with Gasteiger partial charge in [0.2, 0.25) is 0 Å². The monoisotopic (exact) mass is 176 g/mol. The number of carbonyl (C=O) groups excluding carboxylic acids is 1. The number of fused-ring (bicyclic) bond motifs is 1. The maximum Gasteiger partial charge on any atom is 0.133 e. The van der Waals surface area contributed by atoms with Crippen molar-refractivity contribution in [3.8, 4) is 0 Å². The third kappa shape index (κ3) is 1.74. The van der Waals surface area contributed by atoms with Crippen LogP contribution in [0.25, 0.3) is 0 Å². The van der Waals surface area contributed by atoms with Gasteiger partial charge in [-0.05, 0) is 31.1 Å². The Balaban J connectivity index is 2.11. The van der Waals surface area contributed by atoms with Crippen molar-refractivity contribution in [1.29, 1.82) is 0 Å². The zero-order valence-corrected chi connectivity index (χ0v) is 7.96. The van der Waals surface area contributed by atoms with E-state index >= 15 is 0 Å². The van der Waals surface area contributed by atoms with Gasteiger partial charge in [-0.3, -0.25) is 4.79 Å². The van der Waals surface area contributed by atoms with Crippen molar-refractivity contribution >= 4 is 5.78 Å². The third-order valence-electron chi connectivity index (χ3n) is 3.35. The van der Waals surface area contributed by atoms with Gasteiger partial charge in [-0.15, -0.1) is 0 Å². The molecular formula is C12H16O. The van der Waals surface area contributed by atoms with E-state index in [0.717, 1.165) is 25.7 Å². The normalized spacial score (nSPS) is 33.5. The summed E-state index contributed by atoms with van der Waals surface area (Å²) in [5.74, 6) is 1.78. The molecule has 0 spiro atoms. The van der Waals surface area contributed by atoms with Gasteiger partial charge in [0.15, 0.2) is 0 Å². The summed E-state index contributed by atoms with van der Waals surface area (Å²) < 4.78 is 0. The fourth-order valence-electron chi connectivity index (χ4n) is 2.53. The van der Waals surface area contributed by atoms with Crippen LogP contribution in [-0.4, -0.2) is 5.78 Å². The van der Waals surface area contributed by atoms with E-state index in [0.29, 0.717) is 17.6 Å². The molecule has 1 nitrogen and oxygen atoms in total. The molecule has 0 aromatic heterocycles. The standard InChI is InChI=1S/C12H16O/c1-2-9-3-4-11-8-12(13)6-5-10(11)7-9/h2,7,10-11H,1,3-6,8H2. The molecule has 2 aliphatic rings. The first-order valence-corrected chi connectivity index (χ1v) is 5.14. The van der Waals surface area contributed by atoms with Crippen molar-refractivity contribution in [3.05, 3.63) is 24.3 Å². The Morgan fingerprint density at radius 1 is 1.38 bits per heavy atom. The van der Waals surface area contributed by atoms with Crippen molar-refractivity contribution in [2.75, 3.05) is 0 Å². The Hall–Kier alpha value is -0.850. The molecule has 2 atom stereocenters. The largest absolute Gasteiger partial charge is 0.300 e. The molecule has 2 unspecified atom stereocenters. The highest BCUT2D eigenvalue weighted by molar-refractivity contribution is 5.79. The molecule has 1 heteroatoms. The van der Waals surface area contributed by atoms with Gasteiger partial charge >= 0.3 is 0 Å². The van der Waals surface area contributed by atoms with Crippen LogP contribution in [0.1, 0.15) is 32.1 Å². The molecule has 1 saturated carbocycles. The molecule has 0 radical (unpaired) electrons. The average molecular weight is 176 g/mol. The average Bonchev–Trinajstić information content (AvgIpc) is 2.17. The Labute approximate surface area is 79.5 Å². The maximum absolute atomic E-state index is 11.2. The first-order chi connectivity index (χ1) is 6.29. The van der Waals surface area contributed by atoms with E-state index in [4.69, 9.17) is 0 Å². The van der Waals surface area contributed by atoms with Crippen LogP contribution in [0.2, 0.25) is 0 Å². The van der Waals surface area contributed by atoms with Gasteiger partial charge in [-0.25, -0.2) is 0 Å². The number of hydrogen-bond donors (Lipinski definition) is 0. The van der Waals surface area contributed by atoms with Crippen LogP contribution >= 0.6 is 0 Å². The van der Waals surface area contributed by atoms with Gasteiger partial charge in [-0.2, -0.15) is 0 Å². The summed E-state index contributed by atoms with van der Waals surface area (Å²) in [6.07, 6.45) is 9.31. The molecule has 2 rings (SSSR count). The van der Waals surface area contributed by atoms with Gasteiger partial charge in [-0.1, -0.05) is 24.3 Å². The first-order valence-electron chi connectivity index (χ1n) is 5.14. The molecule has 13 heavy (non-hydrogen) atoms. The van der Waals surface area contributed by atoms with Gasteiger partial charge in [0.1, 0.15) is 5.78 Å². The Bertz CT molecular complexity index is 262. The van der Waals surface area contributed by atoms with E-state index in [9.17, 15) is 4.79 Å². The van der Waals surface area contributed by atoms with Crippen molar-refractivity contribution in [3.63, 3.8) is 0 Å². The van der Waals surface area contributed by atoms with Crippen molar-refractivity contribution < 1.29 is 4.79 Å². The molecule has 0 aromatic rings.